The predicted octanol–water partition coefficient (Wildman–Crippen LogP) is 10.4. The van der Waals surface area contributed by atoms with Crippen LogP contribution >= 0.6 is 11.3 Å². The Bertz CT molecular complexity index is 2210. The highest BCUT2D eigenvalue weighted by Crippen LogP contribution is 2.59. The predicted molar refractivity (Wildman–Crippen MR) is 173 cm³/mol. The maximum Gasteiger partial charge on any atom is 0.0870 e. The van der Waals surface area contributed by atoms with Gasteiger partial charge in [-0.15, -0.1) is 11.3 Å². The molecule has 0 bridgehead atoms. The van der Waals surface area contributed by atoms with E-state index in [1.165, 1.54) is 70.3 Å². The normalized spacial score (nSPS) is 13.6. The fraction of sp³-hybridized carbons (Fsp3) is 0.0256. The molecule has 0 spiro atoms. The van der Waals surface area contributed by atoms with E-state index in [2.05, 4.69) is 156 Å². The smallest absolute Gasteiger partial charge is 0.0870 e. The van der Waals surface area contributed by atoms with Gasteiger partial charge in [0, 0.05) is 36.8 Å². The lowest BCUT2D eigenvalue weighted by molar-refractivity contribution is 0.719. The third-order valence-corrected chi connectivity index (χ3v) is 10.0. The molecule has 6 aromatic carbocycles. The molecule has 1 aliphatic rings. The molecule has 0 fully saturated rings. The number of para-hydroxylation sites is 1. The van der Waals surface area contributed by atoms with Crippen LogP contribution in [0.3, 0.4) is 0 Å². The van der Waals surface area contributed by atoms with Crippen LogP contribution in [0.2, 0.25) is 0 Å². The maximum absolute atomic E-state index is 2.55. The Balaban J connectivity index is 1.49. The summed E-state index contributed by atoms with van der Waals surface area (Å²) in [5.41, 5.74) is 9.82. The minimum atomic E-state index is -0.473. The first-order valence-corrected chi connectivity index (χ1v) is 14.9. The lowest BCUT2D eigenvalue weighted by Crippen LogP contribution is -2.31. The Hall–Kier alpha value is -4.92. The molecule has 0 aliphatic heterocycles. The van der Waals surface area contributed by atoms with Crippen molar-refractivity contribution in [3.63, 3.8) is 0 Å². The van der Waals surface area contributed by atoms with Gasteiger partial charge in [0.2, 0.25) is 0 Å². The Morgan fingerprint density at radius 3 is 1.88 bits per heavy atom. The summed E-state index contributed by atoms with van der Waals surface area (Å²) in [6.45, 7) is 0. The van der Waals surface area contributed by atoms with E-state index in [4.69, 9.17) is 0 Å². The highest BCUT2D eigenvalue weighted by atomic mass is 32.1. The van der Waals surface area contributed by atoms with Gasteiger partial charge in [0.15, 0.2) is 0 Å². The number of thiophene rings is 1. The first kappa shape index (κ1) is 22.9. The van der Waals surface area contributed by atoms with Gasteiger partial charge in [-0.05, 0) is 52.6 Å². The lowest BCUT2D eigenvalue weighted by atomic mass is 9.69. The summed E-state index contributed by atoms with van der Waals surface area (Å²) in [5, 5.41) is 3.93. The van der Waals surface area contributed by atoms with E-state index in [9.17, 15) is 0 Å². The second kappa shape index (κ2) is 8.54. The van der Waals surface area contributed by atoms with Gasteiger partial charge in [-0.2, -0.15) is 0 Å². The molecule has 0 saturated carbocycles. The molecule has 41 heavy (non-hydrogen) atoms. The van der Waals surface area contributed by atoms with E-state index in [-0.39, 0.29) is 0 Å². The molecule has 2 aromatic heterocycles. The molecule has 0 radical (unpaired) electrons. The average molecular weight is 540 g/mol. The quantitative estimate of drug-likeness (QED) is 0.210. The van der Waals surface area contributed by atoms with Crippen LogP contribution in [0, 0.1) is 0 Å². The molecule has 0 amide bonds. The fourth-order valence-electron chi connectivity index (χ4n) is 7.27. The van der Waals surface area contributed by atoms with Gasteiger partial charge in [-0.25, -0.2) is 0 Å². The molecule has 0 atom stereocenters. The number of benzene rings is 6. The number of hydrogen-bond donors (Lipinski definition) is 0. The SMILES string of the molecule is c1ccc(C2(c3ccccc3)c3ccccc3-c3c2n(-c2ccc4sc5ccccc5c4c2)c2ccccc32)cc1. The number of rotatable bonds is 3. The Morgan fingerprint density at radius 1 is 0.488 bits per heavy atom. The van der Waals surface area contributed by atoms with Crippen LogP contribution in [0.25, 0.3) is 47.9 Å². The van der Waals surface area contributed by atoms with Gasteiger partial charge in [-0.3, -0.25) is 0 Å². The van der Waals surface area contributed by atoms with Crippen molar-refractivity contribution in [3.8, 4) is 16.8 Å². The first-order chi connectivity index (χ1) is 20.4. The van der Waals surface area contributed by atoms with Crippen molar-refractivity contribution in [2.45, 2.75) is 5.41 Å². The molecule has 0 N–H and O–H groups in total. The first-order valence-electron chi connectivity index (χ1n) is 14.1. The number of aromatic nitrogens is 1. The fourth-order valence-corrected chi connectivity index (χ4v) is 8.36. The summed E-state index contributed by atoms with van der Waals surface area (Å²) in [5.74, 6) is 0. The van der Waals surface area contributed by atoms with Crippen molar-refractivity contribution in [1.29, 1.82) is 0 Å². The highest BCUT2D eigenvalue weighted by Gasteiger charge is 2.49. The minimum absolute atomic E-state index is 0.473. The Morgan fingerprint density at radius 2 is 1.10 bits per heavy atom. The van der Waals surface area contributed by atoms with Gasteiger partial charge >= 0.3 is 0 Å². The molecule has 9 rings (SSSR count). The molecule has 0 saturated heterocycles. The van der Waals surface area contributed by atoms with E-state index in [1.807, 2.05) is 11.3 Å². The molecular weight excluding hydrogens is 515 g/mol. The van der Waals surface area contributed by atoms with Crippen molar-refractivity contribution >= 4 is 42.4 Å². The van der Waals surface area contributed by atoms with Gasteiger partial charge in [0.25, 0.3) is 0 Å². The molecular formula is C39H25NS. The summed E-state index contributed by atoms with van der Waals surface area (Å²) in [6.07, 6.45) is 0. The second-order valence-electron chi connectivity index (χ2n) is 10.9. The van der Waals surface area contributed by atoms with Gasteiger partial charge < -0.3 is 4.57 Å². The summed E-state index contributed by atoms with van der Waals surface area (Å²) in [4.78, 5) is 0. The zero-order valence-corrected chi connectivity index (χ0v) is 23.1. The van der Waals surface area contributed by atoms with Crippen molar-refractivity contribution in [2.75, 3.05) is 0 Å². The molecule has 0 unspecified atom stereocenters. The summed E-state index contributed by atoms with van der Waals surface area (Å²) < 4.78 is 5.21. The third kappa shape index (κ3) is 3.00. The van der Waals surface area contributed by atoms with Crippen molar-refractivity contribution in [2.24, 2.45) is 0 Å². The largest absolute Gasteiger partial charge is 0.311 e. The molecule has 192 valence electrons. The molecule has 2 heterocycles. The summed E-state index contributed by atoms with van der Waals surface area (Å²) >= 11 is 1.87. The monoisotopic (exact) mass is 539 g/mol. The molecule has 8 aromatic rings. The van der Waals surface area contributed by atoms with Gasteiger partial charge in [0.05, 0.1) is 16.6 Å². The van der Waals surface area contributed by atoms with Crippen LogP contribution in [0.15, 0.2) is 152 Å². The second-order valence-corrected chi connectivity index (χ2v) is 12.0. The standard InChI is InChI=1S/C39H25NS/c1-3-13-26(14-4-1)39(27-15-5-2-6-16-27)33-20-10-7-18-30(33)37-31-19-8-11-21-34(31)40(38(37)39)28-23-24-36-32(25-28)29-17-9-12-22-35(29)41-36/h1-25H. The summed E-state index contributed by atoms with van der Waals surface area (Å²) in [6, 6.07) is 55.9. The average Bonchev–Trinajstić information content (AvgIpc) is 3.68. The van der Waals surface area contributed by atoms with E-state index in [0.29, 0.717) is 0 Å². The maximum atomic E-state index is 2.55. The van der Waals surface area contributed by atoms with Crippen LogP contribution in [0.4, 0.5) is 0 Å². The van der Waals surface area contributed by atoms with Crippen LogP contribution in [0.5, 0.6) is 0 Å². The third-order valence-electron chi connectivity index (χ3n) is 8.86. The Kier molecular flexibility index (Phi) is 4.76. The van der Waals surface area contributed by atoms with E-state index < -0.39 is 5.41 Å². The van der Waals surface area contributed by atoms with Crippen LogP contribution < -0.4 is 0 Å². The highest BCUT2D eigenvalue weighted by molar-refractivity contribution is 7.25. The van der Waals surface area contributed by atoms with Crippen molar-refractivity contribution < 1.29 is 0 Å². The van der Waals surface area contributed by atoms with Gasteiger partial charge in [0.1, 0.15) is 0 Å². The van der Waals surface area contributed by atoms with E-state index in [0.717, 1.165) is 0 Å². The molecule has 2 heteroatoms. The van der Waals surface area contributed by atoms with E-state index in [1.54, 1.807) is 0 Å². The van der Waals surface area contributed by atoms with Crippen molar-refractivity contribution in [3.05, 3.63) is 174 Å². The topological polar surface area (TPSA) is 4.93 Å². The zero-order valence-electron chi connectivity index (χ0n) is 22.3. The number of hydrogen-bond acceptors (Lipinski definition) is 1. The van der Waals surface area contributed by atoms with Crippen LogP contribution in [-0.2, 0) is 5.41 Å². The summed E-state index contributed by atoms with van der Waals surface area (Å²) in [7, 11) is 0. The van der Waals surface area contributed by atoms with Crippen LogP contribution in [0.1, 0.15) is 22.4 Å². The van der Waals surface area contributed by atoms with Gasteiger partial charge in [-0.1, -0.05) is 121 Å². The van der Waals surface area contributed by atoms with Crippen molar-refractivity contribution in [1.82, 2.24) is 4.57 Å². The van der Waals surface area contributed by atoms with E-state index >= 15 is 0 Å². The minimum Gasteiger partial charge on any atom is -0.311 e. The van der Waals surface area contributed by atoms with Crippen LogP contribution in [-0.4, -0.2) is 4.57 Å². The lowest BCUT2D eigenvalue weighted by Gasteiger charge is -2.34. The molecule has 1 aliphatic carbocycles. The Labute approximate surface area is 242 Å². The number of nitrogens with zero attached hydrogens (tertiary/aromatic N) is 1. The number of fused-ring (bicyclic) bond motifs is 8. The zero-order chi connectivity index (χ0) is 27.0. The molecule has 1 nitrogen and oxygen atoms in total.